The molecule has 3 rings (SSSR count). The summed E-state index contributed by atoms with van der Waals surface area (Å²) in [4.78, 5) is 0. The quantitative estimate of drug-likeness (QED) is 0.803. The summed E-state index contributed by atoms with van der Waals surface area (Å²) < 4.78 is 6.04. The smallest absolute Gasteiger partial charge is 0.0720 e. The molecule has 2 fully saturated rings. The second kappa shape index (κ2) is 7.42. The number of ether oxygens (including phenoxy) is 1. The molecule has 2 nitrogen and oxygen atoms in total. The number of rotatable bonds is 7. The summed E-state index contributed by atoms with van der Waals surface area (Å²) in [5.41, 5.74) is 2.75. The highest BCUT2D eigenvalue weighted by Gasteiger charge is 2.21. The van der Waals surface area contributed by atoms with E-state index in [1.54, 1.807) is 0 Å². The van der Waals surface area contributed by atoms with Crippen molar-refractivity contribution >= 4 is 0 Å². The van der Waals surface area contributed by atoms with Gasteiger partial charge in [0.2, 0.25) is 0 Å². The first-order chi connectivity index (χ1) is 10.3. The van der Waals surface area contributed by atoms with Gasteiger partial charge in [-0.15, -0.1) is 0 Å². The molecule has 0 aliphatic heterocycles. The standard InChI is InChI=1S/C19H29NO/c1-15(13-20-18-11-12-18)17-9-7-16(8-10-17)14-21-19-5-3-2-4-6-19/h7-10,15,18-20H,2-6,11-14H2,1H3. The van der Waals surface area contributed by atoms with E-state index in [9.17, 15) is 0 Å². The normalized spacial score (nSPS) is 21.4. The summed E-state index contributed by atoms with van der Waals surface area (Å²) in [6, 6.07) is 9.84. The van der Waals surface area contributed by atoms with Gasteiger partial charge in [-0.2, -0.15) is 0 Å². The van der Waals surface area contributed by atoms with E-state index in [4.69, 9.17) is 4.74 Å². The van der Waals surface area contributed by atoms with E-state index < -0.39 is 0 Å². The Kier molecular flexibility index (Phi) is 5.32. The zero-order chi connectivity index (χ0) is 14.5. The van der Waals surface area contributed by atoms with Gasteiger partial charge in [-0.05, 0) is 42.7 Å². The molecule has 0 heterocycles. The first-order valence-electron chi connectivity index (χ1n) is 8.75. The van der Waals surface area contributed by atoms with Crippen molar-refractivity contribution in [3.05, 3.63) is 35.4 Å². The van der Waals surface area contributed by atoms with E-state index in [0.29, 0.717) is 12.0 Å². The molecule has 1 aromatic rings. The van der Waals surface area contributed by atoms with Crippen LogP contribution in [0.2, 0.25) is 0 Å². The van der Waals surface area contributed by atoms with Gasteiger partial charge in [0.05, 0.1) is 12.7 Å². The van der Waals surface area contributed by atoms with Crippen LogP contribution in [-0.2, 0) is 11.3 Å². The Bertz CT molecular complexity index is 418. The van der Waals surface area contributed by atoms with Crippen molar-refractivity contribution in [3.63, 3.8) is 0 Å². The predicted molar refractivity (Wildman–Crippen MR) is 87.5 cm³/mol. The Labute approximate surface area is 129 Å². The lowest BCUT2D eigenvalue weighted by atomic mass is 9.97. The largest absolute Gasteiger partial charge is 0.374 e. The van der Waals surface area contributed by atoms with Crippen LogP contribution < -0.4 is 5.32 Å². The van der Waals surface area contributed by atoms with Crippen molar-refractivity contribution in [1.29, 1.82) is 0 Å². The van der Waals surface area contributed by atoms with Gasteiger partial charge >= 0.3 is 0 Å². The molecule has 0 bridgehead atoms. The van der Waals surface area contributed by atoms with Gasteiger partial charge in [0, 0.05) is 12.6 Å². The Morgan fingerprint density at radius 3 is 2.43 bits per heavy atom. The van der Waals surface area contributed by atoms with Crippen molar-refractivity contribution in [1.82, 2.24) is 5.32 Å². The van der Waals surface area contributed by atoms with Crippen LogP contribution in [0.3, 0.4) is 0 Å². The molecule has 1 unspecified atom stereocenters. The first-order valence-corrected chi connectivity index (χ1v) is 8.75. The monoisotopic (exact) mass is 287 g/mol. The molecule has 0 spiro atoms. The summed E-state index contributed by atoms with van der Waals surface area (Å²) in [7, 11) is 0. The number of benzene rings is 1. The minimum atomic E-state index is 0.500. The summed E-state index contributed by atoms with van der Waals surface area (Å²) in [6.07, 6.45) is 9.81. The van der Waals surface area contributed by atoms with E-state index in [1.165, 1.54) is 56.1 Å². The van der Waals surface area contributed by atoms with Crippen molar-refractivity contribution in [2.24, 2.45) is 0 Å². The molecule has 0 radical (unpaired) electrons. The molecule has 2 aliphatic rings. The minimum absolute atomic E-state index is 0.500. The van der Waals surface area contributed by atoms with Crippen LogP contribution >= 0.6 is 0 Å². The van der Waals surface area contributed by atoms with Gasteiger partial charge in [-0.25, -0.2) is 0 Å². The lowest BCUT2D eigenvalue weighted by Crippen LogP contribution is -2.22. The van der Waals surface area contributed by atoms with E-state index in [1.807, 2.05) is 0 Å². The summed E-state index contributed by atoms with van der Waals surface area (Å²) >= 11 is 0. The van der Waals surface area contributed by atoms with E-state index in [0.717, 1.165) is 19.2 Å². The van der Waals surface area contributed by atoms with E-state index >= 15 is 0 Å². The second-order valence-corrected chi connectivity index (χ2v) is 6.90. The van der Waals surface area contributed by atoms with Gasteiger partial charge in [0.15, 0.2) is 0 Å². The highest BCUT2D eigenvalue weighted by Crippen LogP contribution is 2.23. The Hall–Kier alpha value is -0.860. The molecule has 1 N–H and O–H groups in total. The third-order valence-electron chi connectivity index (χ3n) is 4.88. The second-order valence-electron chi connectivity index (χ2n) is 6.90. The van der Waals surface area contributed by atoms with E-state index in [-0.39, 0.29) is 0 Å². The SMILES string of the molecule is CC(CNC1CC1)c1ccc(COC2CCCCC2)cc1. The zero-order valence-electron chi connectivity index (χ0n) is 13.3. The molecule has 21 heavy (non-hydrogen) atoms. The number of hydrogen-bond donors (Lipinski definition) is 1. The molecule has 0 amide bonds. The van der Waals surface area contributed by atoms with Crippen molar-refractivity contribution in [2.45, 2.75) is 76.5 Å². The van der Waals surface area contributed by atoms with Gasteiger partial charge in [0.25, 0.3) is 0 Å². The van der Waals surface area contributed by atoms with Crippen LogP contribution in [0.1, 0.15) is 68.9 Å². The fourth-order valence-electron chi connectivity index (χ4n) is 3.14. The average molecular weight is 287 g/mol. The van der Waals surface area contributed by atoms with Gasteiger partial charge < -0.3 is 10.1 Å². The van der Waals surface area contributed by atoms with Crippen molar-refractivity contribution in [3.8, 4) is 0 Å². The molecule has 2 saturated carbocycles. The van der Waals surface area contributed by atoms with Crippen LogP contribution in [0.5, 0.6) is 0 Å². The van der Waals surface area contributed by atoms with E-state index in [2.05, 4.69) is 36.5 Å². The molecule has 0 saturated heterocycles. The molecule has 2 heteroatoms. The van der Waals surface area contributed by atoms with Crippen molar-refractivity contribution < 1.29 is 4.74 Å². The molecular formula is C19H29NO. The maximum absolute atomic E-state index is 6.04. The Morgan fingerprint density at radius 2 is 1.76 bits per heavy atom. The minimum Gasteiger partial charge on any atom is -0.374 e. The van der Waals surface area contributed by atoms with Gasteiger partial charge in [-0.3, -0.25) is 0 Å². The van der Waals surface area contributed by atoms with Crippen molar-refractivity contribution in [2.75, 3.05) is 6.54 Å². The van der Waals surface area contributed by atoms with Crippen LogP contribution in [0.4, 0.5) is 0 Å². The summed E-state index contributed by atoms with van der Waals surface area (Å²) in [6.45, 7) is 4.19. The van der Waals surface area contributed by atoms with Crippen LogP contribution in [0.25, 0.3) is 0 Å². The molecule has 0 aromatic heterocycles. The Morgan fingerprint density at radius 1 is 1.05 bits per heavy atom. The number of nitrogens with one attached hydrogen (secondary N) is 1. The maximum Gasteiger partial charge on any atom is 0.0720 e. The lowest BCUT2D eigenvalue weighted by molar-refractivity contribution is 0.0168. The van der Waals surface area contributed by atoms with Gasteiger partial charge in [0.1, 0.15) is 0 Å². The third kappa shape index (κ3) is 4.82. The Balaban J connectivity index is 1.43. The van der Waals surface area contributed by atoms with Crippen LogP contribution in [-0.4, -0.2) is 18.7 Å². The maximum atomic E-state index is 6.04. The fraction of sp³-hybridized carbons (Fsp3) is 0.684. The first kappa shape index (κ1) is 15.1. The van der Waals surface area contributed by atoms with Gasteiger partial charge in [-0.1, -0.05) is 50.5 Å². The number of hydrogen-bond acceptors (Lipinski definition) is 2. The molecule has 2 aliphatic carbocycles. The molecule has 1 atom stereocenters. The third-order valence-corrected chi connectivity index (χ3v) is 4.88. The highest BCUT2D eigenvalue weighted by molar-refractivity contribution is 5.25. The highest BCUT2D eigenvalue weighted by atomic mass is 16.5. The van der Waals surface area contributed by atoms with Crippen LogP contribution in [0, 0.1) is 0 Å². The molecular weight excluding hydrogens is 258 g/mol. The summed E-state index contributed by atoms with van der Waals surface area (Å²) in [5, 5.41) is 3.61. The average Bonchev–Trinajstić information content (AvgIpc) is 3.36. The summed E-state index contributed by atoms with van der Waals surface area (Å²) in [5.74, 6) is 0.596. The lowest BCUT2D eigenvalue weighted by Gasteiger charge is -2.22. The zero-order valence-corrected chi connectivity index (χ0v) is 13.3. The molecule has 116 valence electrons. The topological polar surface area (TPSA) is 21.3 Å². The molecule has 1 aromatic carbocycles. The predicted octanol–water partition coefficient (Wildman–Crippen LogP) is 4.39. The van der Waals surface area contributed by atoms with Crippen LogP contribution in [0.15, 0.2) is 24.3 Å². The fourth-order valence-corrected chi connectivity index (χ4v) is 3.14.